The van der Waals surface area contributed by atoms with Crippen molar-refractivity contribution in [3.05, 3.63) is 70.3 Å². The zero-order valence-electron chi connectivity index (χ0n) is 17.1. The number of rotatable bonds is 4. The highest BCUT2D eigenvalue weighted by Crippen LogP contribution is 2.16. The molecule has 0 radical (unpaired) electrons. The molecular formula is C21H35NO3. The monoisotopic (exact) mass is 349 g/mol. The second-order valence-corrected chi connectivity index (χ2v) is 3.53. The highest BCUT2D eigenvalue weighted by Gasteiger charge is 2.05. The van der Waals surface area contributed by atoms with E-state index in [0.717, 1.165) is 11.3 Å². The summed E-state index contributed by atoms with van der Waals surface area (Å²) in [6.45, 7) is 16.3. The Morgan fingerprint density at radius 2 is 1.32 bits per heavy atom. The van der Waals surface area contributed by atoms with Crippen LogP contribution in [0.3, 0.4) is 0 Å². The molecule has 0 aromatic heterocycles. The van der Waals surface area contributed by atoms with Gasteiger partial charge in [0, 0.05) is 12.1 Å². The molecule has 0 aliphatic rings. The Kier molecular flexibility index (Phi) is 23.8. The summed E-state index contributed by atoms with van der Waals surface area (Å²) in [5, 5.41) is 10.6. The van der Waals surface area contributed by atoms with E-state index in [1.54, 1.807) is 12.1 Å². The van der Waals surface area contributed by atoms with Crippen LogP contribution in [0.4, 0.5) is 5.69 Å². The normalized spacial score (nSPS) is 7.68. The topological polar surface area (TPSA) is 52.4 Å². The summed E-state index contributed by atoms with van der Waals surface area (Å²) in [5.74, 6) is 0.749. The first-order valence-corrected chi connectivity index (χ1v) is 9.17. The number of non-ortho nitro benzene ring substituents is 1. The molecule has 0 saturated carbocycles. The first-order chi connectivity index (χ1) is 12.3. The summed E-state index contributed by atoms with van der Waals surface area (Å²) in [7, 11) is 0. The Balaban J connectivity index is -0.000000533. The lowest BCUT2D eigenvalue weighted by Crippen LogP contribution is -1.96. The van der Waals surface area contributed by atoms with Crippen LogP contribution in [0, 0.1) is 10.1 Å². The van der Waals surface area contributed by atoms with Crippen LogP contribution in [0.5, 0.6) is 5.75 Å². The average molecular weight is 350 g/mol. The molecule has 142 valence electrons. The number of nitro groups is 1. The third kappa shape index (κ3) is 13.7. The van der Waals surface area contributed by atoms with Crippen molar-refractivity contribution < 1.29 is 9.66 Å². The van der Waals surface area contributed by atoms with Crippen molar-refractivity contribution in [2.24, 2.45) is 0 Å². The van der Waals surface area contributed by atoms with Gasteiger partial charge in [0.15, 0.2) is 0 Å². The van der Waals surface area contributed by atoms with E-state index in [1.165, 1.54) is 12.1 Å². The molecule has 0 atom stereocenters. The van der Waals surface area contributed by atoms with E-state index in [4.69, 9.17) is 4.74 Å². The number of nitrogens with zero attached hydrogens (tertiary/aromatic N) is 1. The van der Waals surface area contributed by atoms with Gasteiger partial charge >= 0.3 is 0 Å². The molecular weight excluding hydrogens is 314 g/mol. The number of hydrogen-bond acceptors (Lipinski definition) is 3. The van der Waals surface area contributed by atoms with Crippen LogP contribution in [0.15, 0.2) is 54.6 Å². The lowest BCUT2D eigenvalue weighted by molar-refractivity contribution is -0.384. The van der Waals surface area contributed by atoms with Crippen molar-refractivity contribution in [1.29, 1.82) is 0 Å². The van der Waals surface area contributed by atoms with Gasteiger partial charge in [0.2, 0.25) is 0 Å². The van der Waals surface area contributed by atoms with E-state index in [0.29, 0.717) is 6.61 Å². The first kappa shape index (κ1) is 27.5. The molecule has 2 rings (SSSR count). The average Bonchev–Trinajstić information content (AvgIpc) is 2.73. The van der Waals surface area contributed by atoms with Gasteiger partial charge in [-0.05, 0) is 17.7 Å². The van der Waals surface area contributed by atoms with Gasteiger partial charge in [0.25, 0.3) is 5.69 Å². The van der Waals surface area contributed by atoms with E-state index in [2.05, 4.69) is 0 Å². The minimum absolute atomic E-state index is 0.0826. The summed E-state index contributed by atoms with van der Waals surface area (Å²) < 4.78 is 5.50. The van der Waals surface area contributed by atoms with Crippen LogP contribution in [-0.4, -0.2) is 4.92 Å². The molecule has 2 aromatic rings. The van der Waals surface area contributed by atoms with Gasteiger partial charge in [-0.2, -0.15) is 0 Å². The Morgan fingerprint density at radius 3 is 1.80 bits per heavy atom. The van der Waals surface area contributed by atoms with Crippen LogP contribution in [-0.2, 0) is 6.61 Å². The van der Waals surface area contributed by atoms with Crippen molar-refractivity contribution in [3.8, 4) is 5.75 Å². The Morgan fingerprint density at radius 1 is 0.800 bits per heavy atom. The number of para-hydroxylation sites is 1. The quantitative estimate of drug-likeness (QED) is 0.430. The summed E-state index contributed by atoms with van der Waals surface area (Å²) in [4.78, 5) is 10.2. The lowest BCUT2D eigenvalue weighted by atomic mass is 10.2. The molecule has 25 heavy (non-hydrogen) atoms. The zero-order chi connectivity index (χ0) is 20.1. The highest BCUT2D eigenvalue weighted by atomic mass is 16.6. The van der Waals surface area contributed by atoms with Crippen molar-refractivity contribution in [2.45, 2.75) is 62.0 Å². The molecule has 0 fully saturated rings. The number of hydrogen-bond donors (Lipinski definition) is 0. The van der Waals surface area contributed by atoms with Gasteiger partial charge in [-0.15, -0.1) is 0 Å². The van der Waals surface area contributed by atoms with E-state index >= 15 is 0 Å². The fraction of sp³-hybridized carbons (Fsp3) is 0.429. The van der Waals surface area contributed by atoms with Gasteiger partial charge in [-0.1, -0.05) is 85.7 Å². The fourth-order valence-electron chi connectivity index (χ4n) is 1.44. The van der Waals surface area contributed by atoms with Crippen molar-refractivity contribution in [3.63, 3.8) is 0 Å². The van der Waals surface area contributed by atoms with Crippen molar-refractivity contribution in [1.82, 2.24) is 0 Å². The molecule has 2 aromatic carbocycles. The summed E-state index contributed by atoms with van der Waals surface area (Å²) in [6.07, 6.45) is 0. The molecule has 0 saturated heterocycles. The zero-order valence-corrected chi connectivity index (χ0v) is 17.1. The molecule has 0 aliphatic carbocycles. The predicted molar refractivity (Wildman–Crippen MR) is 109 cm³/mol. The van der Waals surface area contributed by atoms with Crippen LogP contribution in [0.2, 0.25) is 0 Å². The van der Waals surface area contributed by atoms with E-state index in [-0.39, 0.29) is 5.69 Å². The number of ether oxygens (including phenoxy) is 1. The SMILES string of the molecule is CC.CC.CC.CC.O=[N+]([O-])c1cccc(COc2ccccc2)c1. The van der Waals surface area contributed by atoms with E-state index in [9.17, 15) is 10.1 Å². The third-order valence-corrected chi connectivity index (χ3v) is 2.27. The molecule has 0 N–H and O–H groups in total. The Bertz CT molecular complexity index is 514. The minimum Gasteiger partial charge on any atom is -0.489 e. The molecule has 0 unspecified atom stereocenters. The minimum atomic E-state index is -0.411. The van der Waals surface area contributed by atoms with Crippen LogP contribution in [0.25, 0.3) is 0 Å². The van der Waals surface area contributed by atoms with Crippen LogP contribution >= 0.6 is 0 Å². The van der Waals surface area contributed by atoms with E-state index < -0.39 is 4.92 Å². The molecule has 0 spiro atoms. The smallest absolute Gasteiger partial charge is 0.269 e. The maximum Gasteiger partial charge on any atom is 0.269 e. The number of nitro benzene ring substituents is 1. The lowest BCUT2D eigenvalue weighted by Gasteiger charge is -2.05. The first-order valence-electron chi connectivity index (χ1n) is 9.17. The standard InChI is InChI=1S/C13H11NO3.4C2H6/c15-14(16)12-6-4-5-11(9-12)10-17-13-7-2-1-3-8-13;4*1-2/h1-9H,10H2;4*1-2H3. The molecule has 0 amide bonds. The number of benzene rings is 2. The highest BCUT2D eigenvalue weighted by molar-refractivity contribution is 5.34. The third-order valence-electron chi connectivity index (χ3n) is 2.27. The second-order valence-electron chi connectivity index (χ2n) is 3.53. The van der Waals surface area contributed by atoms with Crippen LogP contribution in [0.1, 0.15) is 61.0 Å². The van der Waals surface area contributed by atoms with Gasteiger partial charge in [-0.3, -0.25) is 10.1 Å². The largest absolute Gasteiger partial charge is 0.489 e. The second kappa shape index (κ2) is 21.6. The van der Waals surface area contributed by atoms with Crippen LogP contribution < -0.4 is 4.74 Å². The van der Waals surface area contributed by atoms with Gasteiger partial charge in [0.1, 0.15) is 12.4 Å². The summed E-state index contributed by atoms with van der Waals surface area (Å²) in [5.41, 5.74) is 0.863. The van der Waals surface area contributed by atoms with Gasteiger partial charge in [0.05, 0.1) is 4.92 Å². The Hall–Kier alpha value is -2.36. The van der Waals surface area contributed by atoms with Gasteiger partial charge in [-0.25, -0.2) is 0 Å². The maximum absolute atomic E-state index is 10.6. The molecule has 0 heterocycles. The van der Waals surface area contributed by atoms with Crippen molar-refractivity contribution in [2.75, 3.05) is 0 Å². The fourth-order valence-corrected chi connectivity index (χ4v) is 1.44. The van der Waals surface area contributed by atoms with Crippen molar-refractivity contribution >= 4 is 5.69 Å². The molecule has 4 heteroatoms. The summed E-state index contributed by atoms with van der Waals surface area (Å²) in [6, 6.07) is 15.8. The Labute approximate surface area is 154 Å². The maximum atomic E-state index is 10.6. The summed E-state index contributed by atoms with van der Waals surface area (Å²) >= 11 is 0. The van der Waals surface area contributed by atoms with Gasteiger partial charge < -0.3 is 4.74 Å². The molecule has 0 bridgehead atoms. The molecule has 0 aliphatic heterocycles. The van der Waals surface area contributed by atoms with E-state index in [1.807, 2.05) is 85.7 Å². The molecule has 4 nitrogen and oxygen atoms in total. The predicted octanol–water partition coefficient (Wildman–Crippen LogP) is 7.28.